The number of hydrogen-bond donors (Lipinski definition) is 3. The van der Waals surface area contributed by atoms with Crippen molar-refractivity contribution in [3.05, 3.63) is 29.8 Å². The molecule has 0 saturated carbocycles. The average Bonchev–Trinajstić information content (AvgIpc) is 2.51. The highest BCUT2D eigenvalue weighted by Gasteiger charge is 2.34. The van der Waals surface area contributed by atoms with E-state index in [0.29, 0.717) is 18.7 Å². The van der Waals surface area contributed by atoms with Gasteiger partial charge in [-0.15, -0.1) is 0 Å². The van der Waals surface area contributed by atoms with E-state index in [1.807, 2.05) is 0 Å². The lowest BCUT2D eigenvalue weighted by atomic mass is 10.1. The van der Waals surface area contributed by atoms with E-state index < -0.39 is 12.0 Å². The summed E-state index contributed by atoms with van der Waals surface area (Å²) in [6.07, 6.45) is -0.921. The minimum Gasteiger partial charge on any atom is -0.465 e. The van der Waals surface area contributed by atoms with Crippen molar-refractivity contribution >= 4 is 17.7 Å². The van der Waals surface area contributed by atoms with Gasteiger partial charge in [0.25, 0.3) is 5.92 Å². The third-order valence-corrected chi connectivity index (χ3v) is 3.88. The summed E-state index contributed by atoms with van der Waals surface area (Å²) >= 11 is 0. The van der Waals surface area contributed by atoms with Gasteiger partial charge in [-0.3, -0.25) is 9.69 Å². The molecule has 1 fully saturated rings. The Labute approximate surface area is 138 Å². The largest absolute Gasteiger partial charge is 0.465 e. The van der Waals surface area contributed by atoms with Gasteiger partial charge in [0, 0.05) is 38.2 Å². The van der Waals surface area contributed by atoms with Crippen LogP contribution < -0.4 is 10.6 Å². The first-order chi connectivity index (χ1) is 11.3. The molecule has 3 N–H and O–H groups in total. The first-order valence-corrected chi connectivity index (χ1v) is 7.80. The van der Waals surface area contributed by atoms with Crippen LogP contribution >= 0.6 is 0 Å². The summed E-state index contributed by atoms with van der Waals surface area (Å²) in [4.78, 5) is 24.0. The zero-order valence-corrected chi connectivity index (χ0v) is 13.2. The van der Waals surface area contributed by atoms with Crippen molar-refractivity contribution in [2.75, 3.05) is 31.5 Å². The first-order valence-electron chi connectivity index (χ1n) is 7.80. The van der Waals surface area contributed by atoms with E-state index in [2.05, 4.69) is 10.6 Å². The number of piperidine rings is 1. The molecule has 0 radical (unpaired) electrons. The minimum atomic E-state index is -2.61. The second-order valence-electron chi connectivity index (χ2n) is 5.86. The van der Waals surface area contributed by atoms with Gasteiger partial charge in [0.05, 0.1) is 6.54 Å². The van der Waals surface area contributed by atoms with Gasteiger partial charge in [0.15, 0.2) is 0 Å². The molecule has 2 amide bonds. The van der Waals surface area contributed by atoms with Crippen LogP contribution in [-0.4, -0.2) is 54.1 Å². The van der Waals surface area contributed by atoms with Crippen molar-refractivity contribution < 1.29 is 23.5 Å². The molecular weight excluding hydrogens is 320 g/mol. The molecule has 0 spiro atoms. The second-order valence-corrected chi connectivity index (χ2v) is 5.86. The molecule has 1 aromatic carbocycles. The maximum Gasteiger partial charge on any atom is 0.404 e. The molecule has 132 valence electrons. The number of carbonyl (C=O) groups excluding carboxylic acids is 1. The van der Waals surface area contributed by atoms with Crippen LogP contribution in [-0.2, 0) is 11.2 Å². The van der Waals surface area contributed by atoms with E-state index in [9.17, 15) is 18.4 Å². The predicted octanol–water partition coefficient (Wildman–Crippen LogP) is 2.17. The summed E-state index contributed by atoms with van der Waals surface area (Å²) in [6, 6.07) is 7.08. The molecule has 0 aromatic heterocycles. The Morgan fingerprint density at radius 1 is 1.17 bits per heavy atom. The van der Waals surface area contributed by atoms with E-state index in [-0.39, 0.29) is 38.4 Å². The summed E-state index contributed by atoms with van der Waals surface area (Å²) in [5.74, 6) is -2.85. The number of halogens is 2. The van der Waals surface area contributed by atoms with Crippen LogP contribution in [0, 0.1) is 0 Å². The molecule has 1 aliphatic rings. The van der Waals surface area contributed by atoms with Crippen molar-refractivity contribution in [3.63, 3.8) is 0 Å². The number of likely N-dealkylation sites (tertiary alicyclic amines) is 1. The lowest BCUT2D eigenvalue weighted by Gasteiger charge is -2.31. The first kappa shape index (κ1) is 18.1. The molecular formula is C16H21F2N3O3. The molecule has 6 nitrogen and oxygen atoms in total. The summed E-state index contributed by atoms with van der Waals surface area (Å²) in [6.45, 7) is 0.854. The van der Waals surface area contributed by atoms with Crippen LogP contribution in [0.4, 0.5) is 19.3 Å². The lowest BCUT2D eigenvalue weighted by Crippen LogP contribution is -2.42. The Morgan fingerprint density at radius 3 is 2.38 bits per heavy atom. The predicted molar refractivity (Wildman–Crippen MR) is 85.4 cm³/mol. The summed E-state index contributed by atoms with van der Waals surface area (Å²) < 4.78 is 26.1. The maximum absolute atomic E-state index is 13.1. The molecule has 2 rings (SSSR count). The summed E-state index contributed by atoms with van der Waals surface area (Å²) in [5.41, 5.74) is 1.57. The van der Waals surface area contributed by atoms with Gasteiger partial charge in [-0.1, -0.05) is 12.1 Å². The molecule has 1 saturated heterocycles. The molecule has 0 aliphatic carbocycles. The third kappa shape index (κ3) is 6.11. The molecule has 24 heavy (non-hydrogen) atoms. The molecule has 1 aliphatic heterocycles. The fraction of sp³-hybridized carbons (Fsp3) is 0.500. The van der Waals surface area contributed by atoms with Gasteiger partial charge >= 0.3 is 6.09 Å². The van der Waals surface area contributed by atoms with Crippen LogP contribution in [0.1, 0.15) is 18.4 Å². The SMILES string of the molecule is O=C(O)NCCc1ccc(NC(=O)CN2CCC(F)(F)CC2)cc1. The van der Waals surface area contributed by atoms with Gasteiger partial charge in [-0.2, -0.15) is 0 Å². The zero-order valence-electron chi connectivity index (χ0n) is 13.2. The Bertz CT molecular complexity index is 568. The number of rotatable bonds is 6. The van der Waals surface area contributed by atoms with Crippen LogP contribution in [0.25, 0.3) is 0 Å². The molecule has 1 heterocycles. The number of alkyl halides is 2. The molecule has 0 atom stereocenters. The number of benzene rings is 1. The number of nitrogens with one attached hydrogen (secondary N) is 2. The van der Waals surface area contributed by atoms with E-state index in [1.54, 1.807) is 29.2 Å². The summed E-state index contributed by atoms with van der Waals surface area (Å²) in [7, 11) is 0. The highest BCUT2D eigenvalue weighted by molar-refractivity contribution is 5.92. The van der Waals surface area contributed by atoms with Crippen LogP contribution in [0.2, 0.25) is 0 Å². The number of carbonyl (C=O) groups is 2. The number of anilines is 1. The fourth-order valence-electron chi connectivity index (χ4n) is 2.51. The zero-order chi connectivity index (χ0) is 17.6. The van der Waals surface area contributed by atoms with E-state index in [1.165, 1.54) is 0 Å². The van der Waals surface area contributed by atoms with Crippen molar-refractivity contribution in [2.24, 2.45) is 0 Å². The topological polar surface area (TPSA) is 81.7 Å². The highest BCUT2D eigenvalue weighted by Crippen LogP contribution is 2.27. The number of nitrogens with zero attached hydrogens (tertiary/aromatic N) is 1. The molecule has 1 aromatic rings. The van der Waals surface area contributed by atoms with E-state index >= 15 is 0 Å². The maximum atomic E-state index is 13.1. The number of carboxylic acid groups (broad SMARTS) is 1. The Kier molecular flexibility index (Phi) is 6.08. The van der Waals surface area contributed by atoms with Crippen molar-refractivity contribution in [3.8, 4) is 0 Å². The normalized spacial score (nSPS) is 17.2. The lowest BCUT2D eigenvalue weighted by molar-refractivity contribution is -0.119. The molecule has 8 heteroatoms. The standard InChI is InChI=1S/C16H21F2N3O3/c17-16(18)6-9-21(10-7-16)11-14(22)20-13-3-1-12(2-4-13)5-8-19-15(23)24/h1-4,19H,5-11H2,(H,20,22)(H,23,24). The van der Waals surface area contributed by atoms with Gasteiger partial charge in [-0.05, 0) is 24.1 Å². The number of amides is 2. The average molecular weight is 341 g/mol. The van der Waals surface area contributed by atoms with E-state index in [4.69, 9.17) is 5.11 Å². The quantitative estimate of drug-likeness (QED) is 0.741. The third-order valence-electron chi connectivity index (χ3n) is 3.88. The Hall–Kier alpha value is -2.22. The Morgan fingerprint density at radius 2 is 1.79 bits per heavy atom. The Balaban J connectivity index is 1.74. The van der Waals surface area contributed by atoms with Gasteiger partial charge in [-0.25, -0.2) is 13.6 Å². The van der Waals surface area contributed by atoms with Crippen molar-refractivity contribution in [2.45, 2.75) is 25.2 Å². The minimum absolute atomic E-state index is 0.0976. The smallest absolute Gasteiger partial charge is 0.404 e. The molecule has 0 unspecified atom stereocenters. The monoisotopic (exact) mass is 341 g/mol. The molecule has 0 bridgehead atoms. The van der Waals surface area contributed by atoms with Crippen LogP contribution in [0.15, 0.2) is 24.3 Å². The van der Waals surface area contributed by atoms with Crippen LogP contribution in [0.5, 0.6) is 0 Å². The highest BCUT2D eigenvalue weighted by atomic mass is 19.3. The number of hydrogen-bond acceptors (Lipinski definition) is 3. The van der Waals surface area contributed by atoms with E-state index in [0.717, 1.165) is 5.56 Å². The van der Waals surface area contributed by atoms with Gasteiger partial charge in [0.2, 0.25) is 5.91 Å². The van der Waals surface area contributed by atoms with Gasteiger partial charge < -0.3 is 15.7 Å². The second kappa shape index (κ2) is 8.05. The summed E-state index contributed by atoms with van der Waals surface area (Å²) in [5, 5.41) is 13.5. The van der Waals surface area contributed by atoms with Crippen molar-refractivity contribution in [1.82, 2.24) is 10.2 Å². The van der Waals surface area contributed by atoms with Crippen LogP contribution in [0.3, 0.4) is 0 Å². The fourth-order valence-corrected chi connectivity index (χ4v) is 2.51. The van der Waals surface area contributed by atoms with Gasteiger partial charge in [0.1, 0.15) is 0 Å². The van der Waals surface area contributed by atoms with Crippen molar-refractivity contribution in [1.29, 1.82) is 0 Å².